The molecule has 1 fully saturated rings. The van der Waals surface area contributed by atoms with Crippen molar-refractivity contribution >= 4 is 0 Å². The van der Waals surface area contributed by atoms with Crippen molar-refractivity contribution in [2.45, 2.75) is 26.0 Å². The molecule has 1 aromatic heterocycles. The summed E-state index contributed by atoms with van der Waals surface area (Å²) in [6.07, 6.45) is 1.75. The first-order chi connectivity index (χ1) is 6.66. The van der Waals surface area contributed by atoms with Gasteiger partial charge in [-0.15, -0.1) is 0 Å². The second-order valence-electron chi connectivity index (χ2n) is 4.04. The highest BCUT2D eigenvalue weighted by Crippen LogP contribution is 2.23. The fourth-order valence-corrected chi connectivity index (χ4v) is 1.72. The van der Waals surface area contributed by atoms with Crippen LogP contribution in [0.1, 0.15) is 24.2 Å². The number of aryl methyl sites for hydroxylation is 1. The van der Waals surface area contributed by atoms with E-state index < -0.39 is 0 Å². The summed E-state index contributed by atoms with van der Waals surface area (Å²) in [4.78, 5) is 6.61. The molecule has 0 amide bonds. The molecule has 2 rings (SSSR count). The van der Waals surface area contributed by atoms with Gasteiger partial charge in [-0.2, -0.15) is 0 Å². The first kappa shape index (κ1) is 9.62. The van der Waals surface area contributed by atoms with E-state index in [4.69, 9.17) is 0 Å². The lowest BCUT2D eigenvalue weighted by Crippen LogP contribution is -2.51. The molecule has 0 radical (unpaired) electrons. The van der Waals surface area contributed by atoms with Gasteiger partial charge < -0.3 is 5.11 Å². The number of aromatic nitrogens is 1. The molecule has 14 heavy (non-hydrogen) atoms. The Kier molecular flexibility index (Phi) is 2.52. The van der Waals surface area contributed by atoms with E-state index in [0.717, 1.165) is 18.8 Å². The Morgan fingerprint density at radius 3 is 2.71 bits per heavy atom. The zero-order valence-corrected chi connectivity index (χ0v) is 8.64. The van der Waals surface area contributed by atoms with Gasteiger partial charge in [0, 0.05) is 25.3 Å². The average Bonchev–Trinajstić information content (AvgIpc) is 2.13. The smallest absolute Gasteiger partial charge is 0.0794 e. The maximum atomic E-state index is 9.20. The first-order valence-corrected chi connectivity index (χ1v) is 5.01. The van der Waals surface area contributed by atoms with E-state index in [-0.39, 0.29) is 6.10 Å². The normalized spacial score (nSPS) is 20.5. The number of hydrogen-bond acceptors (Lipinski definition) is 3. The SMILES string of the molecule is Cc1ccc(C(C)N2CC(O)C2)nc1. The third-order valence-electron chi connectivity index (χ3n) is 2.80. The van der Waals surface area contributed by atoms with E-state index in [0.29, 0.717) is 6.04 Å². The first-order valence-electron chi connectivity index (χ1n) is 5.01. The second kappa shape index (κ2) is 3.67. The van der Waals surface area contributed by atoms with Gasteiger partial charge in [-0.1, -0.05) is 6.07 Å². The number of nitrogens with zero attached hydrogens (tertiary/aromatic N) is 2. The summed E-state index contributed by atoms with van der Waals surface area (Å²) in [7, 11) is 0. The Morgan fingerprint density at radius 2 is 2.21 bits per heavy atom. The largest absolute Gasteiger partial charge is 0.390 e. The number of hydrogen-bond donors (Lipinski definition) is 1. The van der Waals surface area contributed by atoms with Gasteiger partial charge in [0.1, 0.15) is 0 Å². The Bertz CT molecular complexity index is 304. The molecule has 1 N–H and O–H groups in total. The van der Waals surface area contributed by atoms with Crippen LogP contribution in [0.3, 0.4) is 0 Å². The fraction of sp³-hybridized carbons (Fsp3) is 0.545. The van der Waals surface area contributed by atoms with Crippen LogP contribution in [-0.4, -0.2) is 34.2 Å². The van der Waals surface area contributed by atoms with Crippen LogP contribution in [0.5, 0.6) is 0 Å². The molecular formula is C11H16N2O. The second-order valence-corrected chi connectivity index (χ2v) is 4.04. The zero-order chi connectivity index (χ0) is 10.1. The Balaban J connectivity index is 2.04. The highest BCUT2D eigenvalue weighted by atomic mass is 16.3. The van der Waals surface area contributed by atoms with Crippen molar-refractivity contribution in [3.63, 3.8) is 0 Å². The number of β-amino-alcohol motifs (C(OH)–C–C–N with tert-alkyl or cyclic N) is 1. The standard InChI is InChI=1S/C11H16N2O/c1-8-3-4-11(12-5-8)9(2)13-6-10(14)7-13/h3-5,9-10,14H,6-7H2,1-2H3. The molecule has 1 aliphatic heterocycles. The van der Waals surface area contributed by atoms with Crippen LogP contribution in [0.4, 0.5) is 0 Å². The minimum Gasteiger partial charge on any atom is -0.390 e. The van der Waals surface area contributed by atoms with Crippen LogP contribution < -0.4 is 0 Å². The van der Waals surface area contributed by atoms with Crippen molar-refractivity contribution < 1.29 is 5.11 Å². The van der Waals surface area contributed by atoms with Gasteiger partial charge in [-0.25, -0.2) is 0 Å². The molecule has 1 atom stereocenters. The molecule has 76 valence electrons. The van der Waals surface area contributed by atoms with Crippen LogP contribution in [0.2, 0.25) is 0 Å². The summed E-state index contributed by atoms with van der Waals surface area (Å²) in [5.41, 5.74) is 2.27. The molecule has 0 bridgehead atoms. The monoisotopic (exact) mass is 192 g/mol. The molecule has 1 saturated heterocycles. The van der Waals surface area contributed by atoms with Crippen LogP contribution in [0.15, 0.2) is 18.3 Å². The molecule has 0 aromatic carbocycles. The van der Waals surface area contributed by atoms with Crippen molar-refractivity contribution in [1.82, 2.24) is 9.88 Å². The molecule has 0 saturated carbocycles. The number of likely N-dealkylation sites (tertiary alicyclic amines) is 1. The molecule has 3 heteroatoms. The predicted molar refractivity (Wildman–Crippen MR) is 55.0 cm³/mol. The van der Waals surface area contributed by atoms with Gasteiger partial charge in [0.05, 0.1) is 11.8 Å². The summed E-state index contributed by atoms with van der Waals surface area (Å²) >= 11 is 0. The number of aliphatic hydroxyl groups excluding tert-OH is 1. The van der Waals surface area contributed by atoms with E-state index in [9.17, 15) is 5.11 Å². The van der Waals surface area contributed by atoms with Gasteiger partial charge in [-0.3, -0.25) is 9.88 Å². The van der Waals surface area contributed by atoms with E-state index >= 15 is 0 Å². The summed E-state index contributed by atoms with van der Waals surface area (Å²) in [6.45, 7) is 5.71. The summed E-state index contributed by atoms with van der Waals surface area (Å²) < 4.78 is 0. The molecule has 0 spiro atoms. The van der Waals surface area contributed by atoms with E-state index in [1.165, 1.54) is 5.56 Å². The van der Waals surface area contributed by atoms with Crippen LogP contribution in [0, 0.1) is 6.92 Å². The fourth-order valence-electron chi connectivity index (χ4n) is 1.72. The van der Waals surface area contributed by atoms with Gasteiger partial charge in [0.15, 0.2) is 0 Å². The lowest BCUT2D eigenvalue weighted by atomic mass is 10.1. The van der Waals surface area contributed by atoms with Crippen molar-refractivity contribution in [3.05, 3.63) is 29.6 Å². The van der Waals surface area contributed by atoms with Crippen molar-refractivity contribution in [2.75, 3.05) is 13.1 Å². The van der Waals surface area contributed by atoms with E-state index in [2.05, 4.69) is 28.9 Å². The predicted octanol–water partition coefficient (Wildman–Crippen LogP) is 1.13. The minimum absolute atomic E-state index is 0.136. The minimum atomic E-state index is -0.136. The molecule has 1 aromatic rings. The summed E-state index contributed by atoms with van der Waals surface area (Å²) in [6, 6.07) is 4.46. The van der Waals surface area contributed by atoms with Gasteiger partial charge in [-0.05, 0) is 25.5 Å². The summed E-state index contributed by atoms with van der Waals surface area (Å²) in [5, 5.41) is 9.20. The Morgan fingerprint density at radius 1 is 1.50 bits per heavy atom. The number of pyridine rings is 1. The summed E-state index contributed by atoms with van der Waals surface area (Å²) in [5.74, 6) is 0. The maximum Gasteiger partial charge on any atom is 0.0794 e. The number of aliphatic hydroxyl groups is 1. The zero-order valence-electron chi connectivity index (χ0n) is 8.64. The molecular weight excluding hydrogens is 176 g/mol. The van der Waals surface area contributed by atoms with Crippen LogP contribution in [-0.2, 0) is 0 Å². The Labute approximate surface area is 84.4 Å². The van der Waals surface area contributed by atoms with Gasteiger partial charge in [0.2, 0.25) is 0 Å². The highest BCUT2D eigenvalue weighted by Gasteiger charge is 2.29. The third kappa shape index (κ3) is 1.79. The van der Waals surface area contributed by atoms with Crippen molar-refractivity contribution in [3.8, 4) is 0 Å². The maximum absolute atomic E-state index is 9.20. The molecule has 2 heterocycles. The average molecular weight is 192 g/mol. The van der Waals surface area contributed by atoms with Crippen LogP contribution in [0.25, 0.3) is 0 Å². The van der Waals surface area contributed by atoms with Gasteiger partial charge >= 0.3 is 0 Å². The van der Waals surface area contributed by atoms with E-state index in [1.54, 1.807) is 0 Å². The molecule has 0 aliphatic carbocycles. The van der Waals surface area contributed by atoms with Crippen molar-refractivity contribution in [2.24, 2.45) is 0 Å². The molecule has 1 aliphatic rings. The lowest BCUT2D eigenvalue weighted by Gasteiger charge is -2.40. The third-order valence-corrected chi connectivity index (χ3v) is 2.80. The molecule has 1 unspecified atom stereocenters. The molecule has 3 nitrogen and oxygen atoms in total. The highest BCUT2D eigenvalue weighted by molar-refractivity contribution is 5.15. The lowest BCUT2D eigenvalue weighted by molar-refractivity contribution is -0.0220. The number of rotatable bonds is 2. The quantitative estimate of drug-likeness (QED) is 0.763. The van der Waals surface area contributed by atoms with Gasteiger partial charge in [0.25, 0.3) is 0 Å². The Hall–Kier alpha value is -0.930. The topological polar surface area (TPSA) is 36.4 Å². The van der Waals surface area contributed by atoms with Crippen LogP contribution >= 0.6 is 0 Å². The van der Waals surface area contributed by atoms with Crippen molar-refractivity contribution in [1.29, 1.82) is 0 Å². The van der Waals surface area contributed by atoms with E-state index in [1.807, 2.05) is 13.1 Å².